The van der Waals surface area contributed by atoms with Gasteiger partial charge < -0.3 is 26.1 Å². The highest BCUT2D eigenvalue weighted by Gasteiger charge is 2.17. The van der Waals surface area contributed by atoms with Gasteiger partial charge in [0.2, 0.25) is 0 Å². The predicted octanol–water partition coefficient (Wildman–Crippen LogP) is 1.49. The minimum atomic E-state index is -0.0251. The topological polar surface area (TPSA) is 106 Å². The summed E-state index contributed by atoms with van der Waals surface area (Å²) in [6.45, 7) is 1.82. The zero-order chi connectivity index (χ0) is 14.7. The molecule has 5 heteroatoms. The molecule has 0 amide bonds. The van der Waals surface area contributed by atoms with Gasteiger partial charge in [0.25, 0.3) is 0 Å². The van der Waals surface area contributed by atoms with E-state index in [1.54, 1.807) is 6.07 Å². The van der Waals surface area contributed by atoms with Crippen molar-refractivity contribution in [3.05, 3.63) is 35.1 Å². The van der Waals surface area contributed by atoms with Gasteiger partial charge in [0.05, 0.1) is 0 Å². The normalized spacial score (nSPS) is 10.9. The van der Waals surface area contributed by atoms with Gasteiger partial charge in [-0.1, -0.05) is 0 Å². The van der Waals surface area contributed by atoms with Crippen LogP contribution in [0.4, 0.5) is 11.4 Å². The average Bonchev–Trinajstić information content (AvgIpc) is 2.84. The number of nitrogen functional groups attached to an aromatic ring is 2. The van der Waals surface area contributed by atoms with Crippen molar-refractivity contribution in [2.45, 2.75) is 19.8 Å². The van der Waals surface area contributed by atoms with Gasteiger partial charge in [0.1, 0.15) is 11.5 Å². The number of aliphatic hydroxyl groups is 2. The second-order valence-electron chi connectivity index (χ2n) is 4.74. The maximum Gasteiger partial charge on any atom is 0.136 e. The monoisotopic (exact) mass is 276 g/mol. The number of aliphatic hydroxyl groups excluding tert-OH is 2. The van der Waals surface area contributed by atoms with Crippen LogP contribution in [0.5, 0.6) is 0 Å². The first-order chi connectivity index (χ1) is 9.58. The van der Waals surface area contributed by atoms with Gasteiger partial charge in [-0.3, -0.25) is 0 Å². The lowest BCUT2D eigenvalue weighted by Crippen LogP contribution is -2.09. The van der Waals surface area contributed by atoms with Crippen molar-refractivity contribution in [3.8, 4) is 11.3 Å². The van der Waals surface area contributed by atoms with E-state index in [0.29, 0.717) is 30.0 Å². The Morgan fingerprint density at radius 3 is 2.25 bits per heavy atom. The van der Waals surface area contributed by atoms with Crippen LogP contribution in [0.2, 0.25) is 0 Å². The molecule has 2 rings (SSSR count). The van der Waals surface area contributed by atoms with E-state index in [9.17, 15) is 5.11 Å². The van der Waals surface area contributed by atoms with E-state index in [0.717, 1.165) is 22.5 Å². The van der Waals surface area contributed by atoms with E-state index < -0.39 is 0 Å². The van der Waals surface area contributed by atoms with Crippen molar-refractivity contribution in [2.75, 3.05) is 24.7 Å². The third kappa shape index (κ3) is 2.64. The predicted molar refractivity (Wildman–Crippen MR) is 79.3 cm³/mol. The highest BCUT2D eigenvalue weighted by molar-refractivity contribution is 5.81. The number of rotatable bonds is 5. The molecule has 0 fully saturated rings. The van der Waals surface area contributed by atoms with Crippen LogP contribution in [0.15, 0.2) is 22.6 Å². The Bertz CT molecular complexity index is 605. The summed E-state index contributed by atoms with van der Waals surface area (Å²) < 4.78 is 5.59. The third-order valence-electron chi connectivity index (χ3n) is 3.36. The molecule has 0 radical (unpaired) electrons. The summed E-state index contributed by atoms with van der Waals surface area (Å²) in [5.74, 6) is 1.45. The third-order valence-corrected chi connectivity index (χ3v) is 3.36. The first kappa shape index (κ1) is 14.4. The highest BCUT2D eigenvalue weighted by atomic mass is 16.3. The summed E-state index contributed by atoms with van der Waals surface area (Å²) in [6, 6.07) is 5.46. The van der Waals surface area contributed by atoms with Crippen molar-refractivity contribution in [3.63, 3.8) is 0 Å². The fraction of sp³-hybridized carbons (Fsp3) is 0.333. The van der Waals surface area contributed by atoms with Crippen molar-refractivity contribution in [2.24, 2.45) is 0 Å². The molecule has 2 aromatic rings. The average molecular weight is 276 g/mol. The second-order valence-corrected chi connectivity index (χ2v) is 4.74. The van der Waals surface area contributed by atoms with Crippen molar-refractivity contribution in [1.29, 1.82) is 0 Å². The molecule has 108 valence electrons. The number of furan rings is 1. The van der Waals surface area contributed by atoms with Gasteiger partial charge in [0.15, 0.2) is 0 Å². The molecule has 1 aromatic heterocycles. The number of benzene rings is 1. The van der Waals surface area contributed by atoms with Crippen molar-refractivity contribution in [1.82, 2.24) is 0 Å². The summed E-state index contributed by atoms with van der Waals surface area (Å²) >= 11 is 0. The fourth-order valence-corrected chi connectivity index (χ4v) is 2.41. The van der Waals surface area contributed by atoms with Crippen molar-refractivity contribution >= 4 is 11.4 Å². The van der Waals surface area contributed by atoms with Gasteiger partial charge in [-0.2, -0.15) is 0 Å². The molecule has 0 aliphatic rings. The first-order valence-electron chi connectivity index (χ1n) is 6.56. The molecular weight excluding hydrogens is 256 g/mol. The largest absolute Gasteiger partial charge is 0.461 e. The van der Waals surface area contributed by atoms with E-state index in [-0.39, 0.29) is 13.2 Å². The minimum absolute atomic E-state index is 0.0126. The Balaban J connectivity index is 2.60. The van der Waals surface area contributed by atoms with E-state index in [2.05, 4.69) is 0 Å². The molecule has 1 aromatic carbocycles. The SMILES string of the molecule is Cc1ccc(-c2cc(N)c(CCO)c(CCO)c2N)o1. The smallest absolute Gasteiger partial charge is 0.136 e. The molecule has 0 saturated carbocycles. The first-order valence-corrected chi connectivity index (χ1v) is 6.56. The van der Waals surface area contributed by atoms with Gasteiger partial charge >= 0.3 is 0 Å². The van der Waals surface area contributed by atoms with Crippen LogP contribution in [-0.2, 0) is 12.8 Å². The van der Waals surface area contributed by atoms with Gasteiger partial charge in [-0.25, -0.2) is 0 Å². The maximum atomic E-state index is 9.21. The van der Waals surface area contributed by atoms with E-state index in [1.807, 2.05) is 19.1 Å². The molecule has 0 saturated heterocycles. The number of anilines is 2. The molecule has 0 aliphatic carbocycles. The van der Waals surface area contributed by atoms with Crippen LogP contribution in [0.3, 0.4) is 0 Å². The summed E-state index contributed by atoms with van der Waals surface area (Å²) in [5, 5.41) is 18.4. The molecule has 0 aliphatic heterocycles. The van der Waals surface area contributed by atoms with Gasteiger partial charge in [-0.05, 0) is 49.1 Å². The molecule has 0 spiro atoms. The van der Waals surface area contributed by atoms with Crippen LogP contribution < -0.4 is 11.5 Å². The maximum absolute atomic E-state index is 9.21. The Morgan fingerprint density at radius 1 is 1.05 bits per heavy atom. The highest BCUT2D eigenvalue weighted by Crippen LogP contribution is 2.36. The molecule has 20 heavy (non-hydrogen) atoms. The Labute approximate surface area is 117 Å². The van der Waals surface area contributed by atoms with Crippen molar-refractivity contribution < 1.29 is 14.6 Å². The quantitative estimate of drug-likeness (QED) is 0.619. The molecule has 0 unspecified atom stereocenters. The molecule has 6 N–H and O–H groups in total. The summed E-state index contributed by atoms with van der Waals surface area (Å²) in [5.41, 5.74) is 15.7. The lowest BCUT2D eigenvalue weighted by Gasteiger charge is -2.17. The summed E-state index contributed by atoms with van der Waals surface area (Å²) in [6.07, 6.45) is 0.821. The molecule has 1 heterocycles. The number of aryl methyl sites for hydroxylation is 1. The Morgan fingerprint density at radius 2 is 1.70 bits per heavy atom. The lowest BCUT2D eigenvalue weighted by molar-refractivity contribution is 0.293. The molecule has 0 bridgehead atoms. The summed E-state index contributed by atoms with van der Waals surface area (Å²) in [7, 11) is 0. The van der Waals surface area contributed by atoms with E-state index >= 15 is 0 Å². The molecule has 0 atom stereocenters. The number of hydrogen-bond acceptors (Lipinski definition) is 5. The second kappa shape index (κ2) is 5.98. The lowest BCUT2D eigenvalue weighted by atomic mass is 9.94. The van der Waals surface area contributed by atoms with Gasteiger partial charge in [0, 0.05) is 30.2 Å². The molecular formula is C15H20N2O3. The van der Waals surface area contributed by atoms with E-state index in [4.69, 9.17) is 21.0 Å². The van der Waals surface area contributed by atoms with Crippen LogP contribution in [0.1, 0.15) is 16.9 Å². The Hall–Kier alpha value is -1.98. The number of hydrogen-bond donors (Lipinski definition) is 4. The minimum Gasteiger partial charge on any atom is -0.461 e. The zero-order valence-corrected chi connectivity index (χ0v) is 11.5. The number of nitrogens with two attached hydrogens (primary N) is 2. The van der Waals surface area contributed by atoms with Crippen LogP contribution in [0, 0.1) is 6.92 Å². The standard InChI is InChI=1S/C15H20N2O3/c1-9-2-3-14(20-9)12-8-13(16)10(4-6-18)11(5-7-19)15(12)17/h2-3,8,18-19H,4-7,16-17H2,1H3. The Kier molecular flexibility index (Phi) is 4.32. The summed E-state index contributed by atoms with van der Waals surface area (Å²) in [4.78, 5) is 0. The van der Waals surface area contributed by atoms with E-state index in [1.165, 1.54) is 0 Å². The van der Waals surface area contributed by atoms with Crippen LogP contribution >= 0.6 is 0 Å². The molecule has 5 nitrogen and oxygen atoms in total. The van der Waals surface area contributed by atoms with Crippen LogP contribution in [0.25, 0.3) is 11.3 Å². The van der Waals surface area contributed by atoms with Gasteiger partial charge in [-0.15, -0.1) is 0 Å². The fourth-order valence-electron chi connectivity index (χ4n) is 2.41. The zero-order valence-electron chi connectivity index (χ0n) is 11.5. The van der Waals surface area contributed by atoms with Crippen LogP contribution in [-0.4, -0.2) is 23.4 Å².